The minimum atomic E-state index is -0.303. The Morgan fingerprint density at radius 1 is 0.957 bits per heavy atom. The molecule has 0 bridgehead atoms. The van der Waals surface area contributed by atoms with Crippen molar-refractivity contribution in [3.8, 4) is 5.75 Å². The first-order chi connectivity index (χ1) is 22.3. The first kappa shape index (κ1) is 36.4. The van der Waals surface area contributed by atoms with E-state index in [4.69, 9.17) is 16.3 Å². The van der Waals surface area contributed by atoms with Gasteiger partial charge in [0.2, 0.25) is 0 Å². The summed E-state index contributed by atoms with van der Waals surface area (Å²) in [4.78, 5) is 19.3. The maximum absolute atomic E-state index is 13.5. The van der Waals surface area contributed by atoms with Crippen molar-refractivity contribution in [3.05, 3.63) is 107 Å². The lowest BCUT2D eigenvalue weighted by Gasteiger charge is -2.12. The number of carbonyl (C=O) groups excluding carboxylic acids is 1. The molecule has 0 aliphatic heterocycles. The Labute approximate surface area is 277 Å². The van der Waals surface area contributed by atoms with Crippen molar-refractivity contribution in [2.75, 3.05) is 32.5 Å². The average Bonchev–Trinajstić information content (AvgIpc) is 3.05. The van der Waals surface area contributed by atoms with Crippen molar-refractivity contribution < 1.29 is 13.9 Å². The lowest BCUT2D eigenvalue weighted by Crippen LogP contribution is -2.17. The number of anilines is 2. The largest absolute Gasteiger partial charge is 0.487 e. The molecule has 1 heterocycles. The maximum Gasteiger partial charge on any atom is 0.141 e. The maximum atomic E-state index is 13.5. The molecular weight excluding hydrogens is 601 g/mol. The van der Waals surface area contributed by atoms with Crippen LogP contribution in [0.3, 0.4) is 0 Å². The number of nitrogens with zero attached hydrogens (tertiary/aromatic N) is 2. The zero-order chi connectivity index (χ0) is 33.1. The molecule has 0 radical (unpaired) electrons. The van der Waals surface area contributed by atoms with Gasteiger partial charge in [-0.15, -0.1) is 0 Å². The van der Waals surface area contributed by atoms with Crippen LogP contribution < -0.4 is 20.7 Å². The van der Waals surface area contributed by atoms with E-state index < -0.39 is 0 Å². The van der Waals surface area contributed by atoms with E-state index in [0.29, 0.717) is 23.0 Å². The fraction of sp³-hybridized carbons (Fsp3) is 0.324. The van der Waals surface area contributed by atoms with Gasteiger partial charge in [-0.3, -0.25) is 0 Å². The average molecular weight is 646 g/mol. The quantitative estimate of drug-likeness (QED) is 0.0638. The second-order valence-corrected chi connectivity index (χ2v) is 11.5. The third kappa shape index (κ3) is 12.4. The summed E-state index contributed by atoms with van der Waals surface area (Å²) in [6.07, 6.45) is 11.9. The molecule has 244 valence electrons. The third-order valence-electron chi connectivity index (χ3n) is 7.02. The number of rotatable bonds is 16. The van der Waals surface area contributed by atoms with Crippen LogP contribution in [0.5, 0.6) is 5.75 Å². The Hall–Kier alpha value is -4.11. The van der Waals surface area contributed by atoms with E-state index in [1.807, 2.05) is 26.2 Å². The Bertz CT molecular complexity index is 1610. The molecule has 0 amide bonds. The molecule has 0 aliphatic rings. The Balaban J connectivity index is 0.00000185. The molecule has 3 N–H and O–H groups in total. The molecule has 1 aromatic heterocycles. The molecule has 7 nitrogen and oxygen atoms in total. The minimum absolute atomic E-state index is 0.214. The predicted octanol–water partition coefficient (Wildman–Crippen LogP) is 8.67. The number of carbonyl (C=O) groups is 1. The number of hydrogen-bond acceptors (Lipinski definition) is 7. The van der Waals surface area contributed by atoms with E-state index in [9.17, 15) is 9.18 Å². The smallest absolute Gasteiger partial charge is 0.141 e. The zero-order valence-electron chi connectivity index (χ0n) is 27.2. The number of nitrogens with one attached hydrogen (secondary N) is 3. The number of fused-ring (bicyclic) bond motifs is 1. The van der Waals surface area contributed by atoms with Gasteiger partial charge < -0.3 is 25.5 Å². The standard InChI is InChI=1S/C35H38ClFN4O2.C2H7N/c1-25(22-38-17-6-4-3-5-7-18-42)11-12-26(2)28-13-15-33-31(20-28)35(40-24-39-33)41-30-14-16-34(32(36)21-30)43-23-27-9-8-10-29(37)19-27;1-3-2/h8-16,18-21,24,38H,3-7,17,22-23H2,1-2H3,(H,39,40,41);3H,1-2H3/b25-11+,26-12+;. The van der Waals surface area contributed by atoms with Crippen molar-refractivity contribution >= 4 is 45.9 Å². The topological polar surface area (TPSA) is 88.2 Å². The molecule has 9 heteroatoms. The molecule has 0 spiro atoms. The van der Waals surface area contributed by atoms with Crippen molar-refractivity contribution in [1.29, 1.82) is 0 Å². The molecule has 0 aliphatic carbocycles. The molecule has 0 atom stereocenters. The summed E-state index contributed by atoms with van der Waals surface area (Å²) in [6.45, 7) is 6.25. The number of halogens is 2. The summed E-state index contributed by atoms with van der Waals surface area (Å²) in [6, 6.07) is 17.9. The van der Waals surface area contributed by atoms with Crippen LogP contribution in [0, 0.1) is 5.82 Å². The van der Waals surface area contributed by atoms with Crippen LogP contribution in [0.1, 0.15) is 57.1 Å². The van der Waals surface area contributed by atoms with Crippen LogP contribution in [0.25, 0.3) is 16.5 Å². The van der Waals surface area contributed by atoms with Gasteiger partial charge in [0.15, 0.2) is 0 Å². The second kappa shape index (κ2) is 20.1. The number of benzene rings is 3. The highest BCUT2D eigenvalue weighted by Crippen LogP contribution is 2.32. The van der Waals surface area contributed by atoms with Crippen molar-refractivity contribution in [1.82, 2.24) is 20.6 Å². The summed E-state index contributed by atoms with van der Waals surface area (Å²) in [5.41, 5.74) is 5.78. The zero-order valence-corrected chi connectivity index (χ0v) is 28.0. The Morgan fingerprint density at radius 2 is 1.76 bits per heavy atom. The van der Waals surface area contributed by atoms with Gasteiger partial charge in [-0.05, 0) is 106 Å². The normalized spacial score (nSPS) is 11.6. The fourth-order valence-electron chi connectivity index (χ4n) is 4.56. The third-order valence-corrected chi connectivity index (χ3v) is 7.31. The van der Waals surface area contributed by atoms with E-state index in [-0.39, 0.29) is 12.4 Å². The SMILES string of the molecule is C/C(=C\C=C(/C)c1ccc2ncnc(Nc3ccc(OCc4cccc(F)c4)c(Cl)c3)c2c1)CNCCCCCCC=O.CNC. The molecular formula is C37H45ClFN5O2. The monoisotopic (exact) mass is 645 g/mol. The molecule has 46 heavy (non-hydrogen) atoms. The molecule has 0 unspecified atom stereocenters. The number of allylic oxidation sites excluding steroid dienone is 3. The number of hydrogen-bond donors (Lipinski definition) is 3. The second-order valence-electron chi connectivity index (χ2n) is 11.1. The first-order valence-electron chi connectivity index (χ1n) is 15.6. The van der Waals surface area contributed by atoms with Gasteiger partial charge in [0.1, 0.15) is 36.6 Å². The molecule has 0 saturated carbocycles. The number of ether oxygens (including phenoxy) is 1. The van der Waals surface area contributed by atoms with Crippen molar-refractivity contribution in [2.24, 2.45) is 0 Å². The van der Waals surface area contributed by atoms with Crippen LogP contribution in [0.2, 0.25) is 5.02 Å². The van der Waals surface area contributed by atoms with Gasteiger partial charge in [-0.1, -0.05) is 60.4 Å². The lowest BCUT2D eigenvalue weighted by molar-refractivity contribution is -0.107. The van der Waals surface area contributed by atoms with Crippen LogP contribution in [0.4, 0.5) is 15.9 Å². The van der Waals surface area contributed by atoms with Crippen molar-refractivity contribution in [2.45, 2.75) is 52.6 Å². The van der Waals surface area contributed by atoms with E-state index in [1.165, 1.54) is 24.0 Å². The molecule has 4 rings (SSSR count). The number of aromatic nitrogens is 2. The van der Waals surface area contributed by atoms with E-state index >= 15 is 0 Å². The van der Waals surface area contributed by atoms with E-state index in [0.717, 1.165) is 78.3 Å². The highest BCUT2D eigenvalue weighted by atomic mass is 35.5. The summed E-state index contributed by atoms with van der Waals surface area (Å²) in [5.74, 6) is 0.880. The highest BCUT2D eigenvalue weighted by Gasteiger charge is 2.09. The summed E-state index contributed by atoms with van der Waals surface area (Å²) in [7, 11) is 3.75. The Kier molecular flexibility index (Phi) is 15.9. The molecule has 4 aromatic rings. The van der Waals surface area contributed by atoms with Crippen LogP contribution in [-0.4, -0.2) is 43.4 Å². The number of unbranched alkanes of at least 4 members (excludes halogenated alkanes) is 4. The summed E-state index contributed by atoms with van der Waals surface area (Å²) in [5, 5.41) is 10.9. The van der Waals surface area contributed by atoms with E-state index in [2.05, 4.69) is 64.1 Å². The minimum Gasteiger partial charge on any atom is -0.487 e. The fourth-order valence-corrected chi connectivity index (χ4v) is 4.80. The van der Waals surface area contributed by atoms with Gasteiger partial charge in [0.25, 0.3) is 0 Å². The summed E-state index contributed by atoms with van der Waals surface area (Å²) >= 11 is 6.51. The van der Waals surface area contributed by atoms with Gasteiger partial charge in [0, 0.05) is 24.0 Å². The van der Waals surface area contributed by atoms with Gasteiger partial charge in [0.05, 0.1) is 10.5 Å². The van der Waals surface area contributed by atoms with Gasteiger partial charge in [-0.2, -0.15) is 0 Å². The van der Waals surface area contributed by atoms with Crippen LogP contribution >= 0.6 is 11.6 Å². The van der Waals surface area contributed by atoms with E-state index in [1.54, 1.807) is 24.3 Å². The molecule has 0 fully saturated rings. The Morgan fingerprint density at radius 3 is 2.52 bits per heavy atom. The van der Waals surface area contributed by atoms with Crippen molar-refractivity contribution in [3.63, 3.8) is 0 Å². The van der Waals surface area contributed by atoms with Crippen LogP contribution in [0.15, 0.2) is 84.7 Å². The molecule has 0 saturated heterocycles. The lowest BCUT2D eigenvalue weighted by atomic mass is 10.0. The predicted molar refractivity (Wildman–Crippen MR) is 189 cm³/mol. The first-order valence-corrected chi connectivity index (χ1v) is 16.0. The van der Waals surface area contributed by atoms with Crippen LogP contribution in [-0.2, 0) is 11.4 Å². The highest BCUT2D eigenvalue weighted by molar-refractivity contribution is 6.32. The summed E-state index contributed by atoms with van der Waals surface area (Å²) < 4.78 is 19.3. The molecule has 3 aromatic carbocycles. The van der Waals surface area contributed by atoms with Gasteiger partial charge >= 0.3 is 0 Å². The van der Waals surface area contributed by atoms with Gasteiger partial charge in [-0.25, -0.2) is 14.4 Å². The number of aldehydes is 1.